The van der Waals surface area contributed by atoms with E-state index in [1.54, 1.807) is 4.90 Å². The summed E-state index contributed by atoms with van der Waals surface area (Å²) in [6.45, 7) is 1.41. The van der Waals surface area contributed by atoms with Crippen LogP contribution in [0.15, 0.2) is 42.5 Å². The van der Waals surface area contributed by atoms with Crippen LogP contribution in [0, 0.1) is 0 Å². The largest absolute Gasteiger partial charge is 0.345 e. The first-order valence-electron chi connectivity index (χ1n) is 10.5. The summed E-state index contributed by atoms with van der Waals surface area (Å²) in [4.78, 5) is 46.7. The van der Waals surface area contributed by atoms with Crippen molar-refractivity contribution in [2.24, 2.45) is 0 Å². The second kappa shape index (κ2) is 8.52. The number of benzene rings is 1. The molecule has 2 fully saturated rings. The zero-order chi connectivity index (χ0) is 22.2. The number of pyridine rings is 1. The van der Waals surface area contributed by atoms with Gasteiger partial charge >= 0.3 is 11.8 Å². The zero-order valence-corrected chi connectivity index (χ0v) is 18.8. The predicted octanol–water partition coefficient (Wildman–Crippen LogP) is 3.18. The van der Waals surface area contributed by atoms with Crippen LogP contribution in [0.1, 0.15) is 23.2 Å². The minimum Gasteiger partial charge on any atom is -0.345 e. The quantitative estimate of drug-likeness (QED) is 0.598. The highest BCUT2D eigenvalue weighted by Crippen LogP contribution is 2.32. The van der Waals surface area contributed by atoms with Gasteiger partial charge in [-0.25, -0.2) is 4.98 Å². The van der Waals surface area contributed by atoms with Crippen LogP contribution in [0.5, 0.6) is 0 Å². The fraction of sp³-hybridized carbons (Fsp3) is 0.304. The van der Waals surface area contributed by atoms with E-state index in [0.717, 1.165) is 28.6 Å². The molecule has 0 radical (unpaired) electrons. The number of carbonyl (C=O) groups excluding carboxylic acids is 3. The monoisotopic (exact) mass is 468 g/mol. The van der Waals surface area contributed by atoms with E-state index in [1.165, 1.54) is 16.2 Å². The van der Waals surface area contributed by atoms with Crippen LogP contribution in [-0.2, 0) is 9.59 Å². The van der Waals surface area contributed by atoms with Crippen molar-refractivity contribution in [1.29, 1.82) is 0 Å². The molecular formula is C23H21ClN4O3S. The number of amides is 3. The highest BCUT2D eigenvalue weighted by Gasteiger charge is 2.32. The minimum atomic E-state index is -0.549. The summed E-state index contributed by atoms with van der Waals surface area (Å²) in [6, 6.07) is 13.2. The van der Waals surface area contributed by atoms with Crippen LogP contribution in [-0.4, -0.2) is 64.7 Å². The lowest BCUT2D eigenvalue weighted by atomic mass is 10.1. The first-order valence-corrected chi connectivity index (χ1v) is 11.7. The number of thiophene rings is 1. The number of rotatable bonds is 3. The highest BCUT2D eigenvalue weighted by atomic mass is 35.5. The number of hydrogen-bond acceptors (Lipinski definition) is 5. The number of para-hydroxylation sites is 1. The topological polar surface area (TPSA) is 82.6 Å². The van der Waals surface area contributed by atoms with Crippen molar-refractivity contribution in [2.45, 2.75) is 18.9 Å². The van der Waals surface area contributed by atoms with Crippen LogP contribution < -0.4 is 5.32 Å². The summed E-state index contributed by atoms with van der Waals surface area (Å²) in [6.07, 6.45) is 1.86. The van der Waals surface area contributed by atoms with Crippen LogP contribution in [0.2, 0.25) is 4.34 Å². The summed E-state index contributed by atoms with van der Waals surface area (Å²) < 4.78 is 0.661. The lowest BCUT2D eigenvalue weighted by Crippen LogP contribution is -2.54. The molecule has 0 bridgehead atoms. The molecule has 1 aliphatic heterocycles. The lowest BCUT2D eigenvalue weighted by Gasteiger charge is -2.34. The first-order chi connectivity index (χ1) is 15.5. The highest BCUT2D eigenvalue weighted by molar-refractivity contribution is 7.19. The number of halogens is 1. The average molecular weight is 469 g/mol. The van der Waals surface area contributed by atoms with Crippen molar-refractivity contribution in [2.75, 3.05) is 26.2 Å². The molecule has 1 saturated carbocycles. The molecule has 0 unspecified atom stereocenters. The molecule has 1 saturated heterocycles. The van der Waals surface area contributed by atoms with E-state index in [-0.39, 0.29) is 11.9 Å². The minimum absolute atomic E-state index is 0.109. The first kappa shape index (κ1) is 20.9. The van der Waals surface area contributed by atoms with Crippen LogP contribution in [0.3, 0.4) is 0 Å². The van der Waals surface area contributed by atoms with Crippen LogP contribution in [0.25, 0.3) is 21.5 Å². The molecule has 2 aliphatic rings. The Morgan fingerprint density at radius 2 is 1.72 bits per heavy atom. The Labute approximate surface area is 194 Å². The third-order valence-electron chi connectivity index (χ3n) is 5.73. The van der Waals surface area contributed by atoms with Crippen molar-refractivity contribution in [3.05, 3.63) is 52.4 Å². The molecule has 3 aromatic rings. The molecule has 5 rings (SSSR count). The Hall–Kier alpha value is -2.97. The van der Waals surface area contributed by atoms with Gasteiger partial charge in [0.05, 0.1) is 26.0 Å². The van der Waals surface area contributed by atoms with Gasteiger partial charge in [-0.3, -0.25) is 14.4 Å². The molecule has 9 heteroatoms. The molecule has 0 atom stereocenters. The van der Waals surface area contributed by atoms with E-state index in [0.29, 0.717) is 41.8 Å². The number of nitrogens with one attached hydrogen (secondary N) is 1. The van der Waals surface area contributed by atoms with Crippen molar-refractivity contribution in [3.63, 3.8) is 0 Å². The maximum atomic E-state index is 13.5. The summed E-state index contributed by atoms with van der Waals surface area (Å²) in [5, 5.41) is 3.51. The third kappa shape index (κ3) is 4.20. The molecule has 3 amide bonds. The average Bonchev–Trinajstić information content (AvgIpc) is 3.53. The number of aromatic nitrogens is 1. The number of hydrogen-bond donors (Lipinski definition) is 1. The zero-order valence-electron chi connectivity index (χ0n) is 17.2. The van der Waals surface area contributed by atoms with Gasteiger partial charge in [-0.2, -0.15) is 0 Å². The van der Waals surface area contributed by atoms with Crippen molar-refractivity contribution in [3.8, 4) is 10.6 Å². The summed E-state index contributed by atoms with van der Waals surface area (Å²) in [5.74, 6) is -1.18. The Kier molecular flexibility index (Phi) is 5.57. The lowest BCUT2D eigenvalue weighted by molar-refractivity contribution is -0.146. The van der Waals surface area contributed by atoms with Gasteiger partial charge in [0.25, 0.3) is 5.91 Å². The second-order valence-corrected chi connectivity index (χ2v) is 9.72. The van der Waals surface area contributed by atoms with Crippen LogP contribution in [0.4, 0.5) is 0 Å². The van der Waals surface area contributed by atoms with Gasteiger partial charge in [-0.15, -0.1) is 11.3 Å². The van der Waals surface area contributed by atoms with E-state index < -0.39 is 11.8 Å². The fourth-order valence-electron chi connectivity index (χ4n) is 3.83. The van der Waals surface area contributed by atoms with Gasteiger partial charge in [0, 0.05) is 37.6 Å². The van der Waals surface area contributed by atoms with Gasteiger partial charge in [0.15, 0.2) is 0 Å². The number of carbonyl (C=O) groups is 3. The van der Waals surface area contributed by atoms with Crippen molar-refractivity contribution in [1.82, 2.24) is 20.1 Å². The van der Waals surface area contributed by atoms with Gasteiger partial charge in [-0.05, 0) is 37.1 Å². The molecule has 32 heavy (non-hydrogen) atoms. The van der Waals surface area contributed by atoms with Gasteiger partial charge in [0.2, 0.25) is 0 Å². The molecule has 1 aliphatic carbocycles. The van der Waals surface area contributed by atoms with Gasteiger partial charge in [0.1, 0.15) is 0 Å². The van der Waals surface area contributed by atoms with E-state index in [4.69, 9.17) is 16.6 Å². The molecule has 164 valence electrons. The van der Waals surface area contributed by atoms with Gasteiger partial charge in [-0.1, -0.05) is 29.8 Å². The molecule has 2 aromatic heterocycles. The number of fused-ring (bicyclic) bond motifs is 1. The summed E-state index contributed by atoms with van der Waals surface area (Å²) >= 11 is 7.52. The molecule has 3 heterocycles. The number of piperazine rings is 1. The van der Waals surface area contributed by atoms with E-state index >= 15 is 0 Å². The molecule has 1 aromatic carbocycles. The maximum absolute atomic E-state index is 13.5. The SMILES string of the molecule is O=C(NC1CC1)C(=O)N1CCN(C(=O)c2cc(-c3ccc(Cl)s3)nc3ccccc23)CC1. The molecular weight excluding hydrogens is 448 g/mol. The molecule has 7 nitrogen and oxygen atoms in total. The van der Waals surface area contributed by atoms with E-state index in [2.05, 4.69) is 5.32 Å². The fourth-order valence-corrected chi connectivity index (χ4v) is 4.84. The smallest absolute Gasteiger partial charge is 0.312 e. The third-order valence-corrected chi connectivity index (χ3v) is 6.99. The molecule has 1 N–H and O–H groups in total. The van der Waals surface area contributed by atoms with E-state index in [1.807, 2.05) is 42.5 Å². The van der Waals surface area contributed by atoms with E-state index in [9.17, 15) is 14.4 Å². The van der Waals surface area contributed by atoms with Crippen molar-refractivity contribution >= 4 is 51.6 Å². The summed E-state index contributed by atoms with van der Waals surface area (Å²) in [7, 11) is 0. The summed E-state index contributed by atoms with van der Waals surface area (Å²) in [5.41, 5.74) is 2.01. The van der Waals surface area contributed by atoms with Crippen LogP contribution >= 0.6 is 22.9 Å². The Balaban J connectivity index is 1.35. The van der Waals surface area contributed by atoms with Crippen molar-refractivity contribution < 1.29 is 14.4 Å². The Morgan fingerprint density at radius 1 is 1.00 bits per heavy atom. The number of nitrogens with zero attached hydrogens (tertiary/aromatic N) is 3. The standard InChI is InChI=1S/C23H21ClN4O3S/c24-20-8-7-19(32-20)18-13-16(15-3-1-2-4-17(15)26-18)22(30)27-9-11-28(12-10-27)23(31)21(29)25-14-5-6-14/h1-4,7-8,13-14H,5-6,9-12H2,(H,25,29). The molecule has 0 spiro atoms. The maximum Gasteiger partial charge on any atom is 0.312 e. The Bertz CT molecular complexity index is 1210. The second-order valence-electron chi connectivity index (χ2n) is 8.01. The normalized spacial score (nSPS) is 16.3. The van der Waals surface area contributed by atoms with Gasteiger partial charge < -0.3 is 15.1 Å². The predicted molar refractivity (Wildman–Crippen MR) is 124 cm³/mol. The Morgan fingerprint density at radius 3 is 2.41 bits per heavy atom.